The first-order valence-corrected chi connectivity index (χ1v) is 25.3. The maximum Gasteiger partial charge on any atom is 2.00 e. The van der Waals surface area contributed by atoms with Gasteiger partial charge in [0.2, 0.25) is 0 Å². The molecule has 6 atom stereocenters. The number of benzene rings is 5. The van der Waals surface area contributed by atoms with E-state index in [1.165, 1.54) is 18.1 Å². The Kier molecular flexibility index (Phi) is 10.3. The normalized spacial score (nSPS) is 27.0. The first-order chi connectivity index (χ1) is 37.2. The van der Waals surface area contributed by atoms with Gasteiger partial charge < -0.3 is 19.1 Å². The number of hydrogen-bond acceptors (Lipinski definition) is 4. The Labute approximate surface area is 445 Å². The Bertz CT molecular complexity index is 3610. The molecular formula is C65H70N2O2Pt. The van der Waals surface area contributed by atoms with Crippen LogP contribution in [0.4, 0.5) is 0 Å². The van der Waals surface area contributed by atoms with E-state index in [1.807, 2.05) is 42.6 Å². The fourth-order valence-electron chi connectivity index (χ4n) is 13.1. The molecule has 0 bridgehead atoms. The monoisotopic (exact) mass is 1120 g/mol. The summed E-state index contributed by atoms with van der Waals surface area (Å²) in [4.78, 5) is 9.54. The standard InChI is InChI=1S/C65H70N2O2.Pt/c1-39-28-59(66-37-42(39)4)50-30-54(46-15-11-10-12-16-46)44(6)61(32-50)68-51-33-56-55-29-47-17-13-14-18-48(47)31-62(55)69-63(56)57(34-51)60-35-53(43(5)38-67-60)52-23-26-65(9,36-41(52)3)58-20-19-49(27-40(58)2)45-21-24-64(7,8)25-22-45;/h10-18,28-31,33,35,37-38,40-41,45,49,52,58H,19-27,36H2,1-9H3;/q-2;+2/i1D3,4D3,6D3,45D;. The molecule has 0 amide bonds. The van der Waals surface area contributed by atoms with Crippen molar-refractivity contribution in [1.29, 1.82) is 0 Å². The zero-order valence-corrected chi connectivity index (χ0v) is 43.6. The van der Waals surface area contributed by atoms with Crippen molar-refractivity contribution in [3.63, 3.8) is 0 Å². The number of hydrogen-bond donors (Lipinski definition) is 0. The van der Waals surface area contributed by atoms with Crippen molar-refractivity contribution in [1.82, 2.24) is 9.97 Å². The van der Waals surface area contributed by atoms with Crippen LogP contribution in [0.1, 0.15) is 146 Å². The largest absolute Gasteiger partial charge is 2.00 e. The Hall–Kier alpha value is -5.05. The molecule has 3 saturated carbocycles. The van der Waals surface area contributed by atoms with Crippen LogP contribution in [-0.4, -0.2) is 9.97 Å². The van der Waals surface area contributed by atoms with Crippen molar-refractivity contribution in [3.05, 3.63) is 143 Å². The second-order valence-electron chi connectivity index (χ2n) is 22.3. The van der Waals surface area contributed by atoms with E-state index in [0.717, 1.165) is 85.7 Å². The van der Waals surface area contributed by atoms with Gasteiger partial charge in [0.25, 0.3) is 0 Å². The molecule has 0 spiro atoms. The molecule has 3 fully saturated rings. The first kappa shape index (κ1) is 37.7. The van der Waals surface area contributed by atoms with E-state index in [9.17, 15) is 1.37 Å². The second kappa shape index (κ2) is 19.2. The van der Waals surface area contributed by atoms with Gasteiger partial charge in [0.1, 0.15) is 5.58 Å². The third-order valence-corrected chi connectivity index (χ3v) is 17.0. The van der Waals surface area contributed by atoms with Gasteiger partial charge >= 0.3 is 21.1 Å². The Morgan fingerprint density at radius 3 is 2.21 bits per heavy atom. The third kappa shape index (κ3) is 9.21. The molecule has 0 N–H and O–H groups in total. The maximum atomic E-state index is 9.63. The Morgan fingerprint density at radius 2 is 1.47 bits per heavy atom. The van der Waals surface area contributed by atoms with Crippen LogP contribution in [0.15, 0.2) is 108 Å². The molecule has 3 aliphatic rings. The van der Waals surface area contributed by atoms with Crippen LogP contribution in [0.3, 0.4) is 0 Å². The van der Waals surface area contributed by atoms with Crippen LogP contribution in [0, 0.1) is 80.0 Å². The summed E-state index contributed by atoms with van der Waals surface area (Å²) in [5.74, 6) is 2.08. The predicted molar refractivity (Wildman–Crippen MR) is 286 cm³/mol. The van der Waals surface area contributed by atoms with E-state index in [0.29, 0.717) is 62.5 Å². The molecule has 0 aliphatic heterocycles. The summed E-state index contributed by atoms with van der Waals surface area (Å²) >= 11 is 0. The number of ether oxygens (including phenoxy) is 1. The Morgan fingerprint density at radius 1 is 0.729 bits per heavy atom. The SMILES string of the molecule is [2H]C([2H])([2H])c1cnc(-c2[c-]c(Oc3[c-]c(-c4cc(C5CCC(C)(C6CCC(C7([2H])CCC(C)(C)CC7)CC6C)CC5C)c(C)cn4)c4oc5cc6ccccc6cc5c4c3)c(C([2H])([2H])[2H])c(-c3ccccc3)c2)cc1C([2H])([2H])[2H].[Pt+2]. The fourth-order valence-corrected chi connectivity index (χ4v) is 13.1. The summed E-state index contributed by atoms with van der Waals surface area (Å²) in [5, 5.41) is 3.54. The van der Waals surface area contributed by atoms with Crippen molar-refractivity contribution >= 4 is 32.7 Å². The van der Waals surface area contributed by atoms with Crippen LogP contribution in [0.5, 0.6) is 11.5 Å². The van der Waals surface area contributed by atoms with Crippen molar-refractivity contribution in [2.24, 2.45) is 40.4 Å². The van der Waals surface area contributed by atoms with Crippen LogP contribution in [0.25, 0.3) is 66.4 Å². The van der Waals surface area contributed by atoms with Crippen molar-refractivity contribution in [2.75, 3.05) is 0 Å². The molecule has 3 heterocycles. The molecule has 70 heavy (non-hydrogen) atoms. The Balaban J connectivity index is 0.00000720. The van der Waals surface area contributed by atoms with Crippen LogP contribution in [-0.2, 0) is 21.1 Å². The minimum Gasteiger partial charge on any atom is -0.501 e. The van der Waals surface area contributed by atoms with E-state index < -0.39 is 31.7 Å². The van der Waals surface area contributed by atoms with Crippen molar-refractivity contribution in [3.8, 4) is 45.1 Å². The summed E-state index contributed by atoms with van der Waals surface area (Å²) < 4.78 is 99.5. The molecule has 3 aromatic heterocycles. The number of aryl methyl sites for hydroxylation is 3. The summed E-state index contributed by atoms with van der Waals surface area (Å²) in [5.41, 5.74) is 5.43. The zero-order chi connectivity index (χ0) is 56.2. The molecule has 5 aromatic carbocycles. The van der Waals surface area contributed by atoms with E-state index >= 15 is 0 Å². The quantitative estimate of drug-likeness (QED) is 0.142. The fraction of sp³-hybridized carbons (Fsp3) is 0.415. The number of pyridine rings is 2. The third-order valence-electron chi connectivity index (χ3n) is 17.0. The van der Waals surface area contributed by atoms with Gasteiger partial charge in [-0.3, -0.25) is 0 Å². The van der Waals surface area contributed by atoms with Crippen molar-refractivity contribution in [2.45, 2.75) is 132 Å². The van der Waals surface area contributed by atoms with Crippen LogP contribution >= 0.6 is 0 Å². The first-order valence-electron chi connectivity index (χ1n) is 30.3. The second-order valence-corrected chi connectivity index (χ2v) is 22.3. The maximum absolute atomic E-state index is 9.63. The smallest absolute Gasteiger partial charge is 0.501 e. The van der Waals surface area contributed by atoms with E-state index in [4.69, 9.17) is 26.5 Å². The zero-order valence-electron chi connectivity index (χ0n) is 51.3. The molecule has 8 aromatic rings. The van der Waals surface area contributed by atoms with Gasteiger partial charge in [0.05, 0.1) is 5.58 Å². The van der Waals surface area contributed by atoms with Crippen molar-refractivity contribution < 1.29 is 43.9 Å². The van der Waals surface area contributed by atoms with Gasteiger partial charge in [-0.25, -0.2) is 0 Å². The summed E-state index contributed by atoms with van der Waals surface area (Å²) in [6.07, 6.45) is 14.1. The van der Waals surface area contributed by atoms with Gasteiger partial charge in [-0.2, -0.15) is 0 Å². The minimum atomic E-state index is -2.81. The summed E-state index contributed by atoms with van der Waals surface area (Å²) in [6, 6.07) is 34.6. The predicted octanol–water partition coefficient (Wildman–Crippen LogP) is 18.3. The minimum absolute atomic E-state index is 0. The molecule has 0 saturated heterocycles. The van der Waals surface area contributed by atoms with E-state index in [-0.39, 0.29) is 72.2 Å². The van der Waals surface area contributed by atoms with Gasteiger partial charge in [-0.05, 0) is 188 Å². The van der Waals surface area contributed by atoms with Crippen LogP contribution in [0.2, 0.25) is 0 Å². The molecular weight excluding hydrogens is 1040 g/mol. The van der Waals surface area contributed by atoms with Gasteiger partial charge in [-0.1, -0.05) is 154 Å². The molecule has 6 unspecified atom stereocenters. The number of fused-ring (bicyclic) bond motifs is 4. The molecule has 11 rings (SSSR count). The molecule has 3 aliphatic carbocycles. The average molecular weight is 1120 g/mol. The average Bonchev–Trinajstić information content (AvgIpc) is 3.88. The van der Waals surface area contributed by atoms with Crippen LogP contribution < -0.4 is 4.74 Å². The van der Waals surface area contributed by atoms with E-state index in [1.54, 1.807) is 36.4 Å². The summed E-state index contributed by atoms with van der Waals surface area (Å²) in [6.45, 7) is 6.00. The molecule has 4 nitrogen and oxygen atoms in total. The van der Waals surface area contributed by atoms with Gasteiger partial charge in [0.15, 0.2) is 0 Å². The number of nitrogens with zero attached hydrogens (tertiary/aromatic N) is 2. The van der Waals surface area contributed by atoms with Gasteiger partial charge in [0, 0.05) is 43.0 Å². The number of aromatic nitrogens is 2. The molecule has 5 heteroatoms. The molecule has 362 valence electrons. The topological polar surface area (TPSA) is 48.2 Å². The van der Waals surface area contributed by atoms with Gasteiger partial charge in [-0.15, -0.1) is 11.6 Å². The number of rotatable bonds is 8. The summed E-state index contributed by atoms with van der Waals surface area (Å²) in [7, 11) is 0. The number of furan rings is 1. The van der Waals surface area contributed by atoms with E-state index in [2.05, 4.69) is 70.8 Å². The molecule has 0 radical (unpaired) electrons.